The number of fused-ring (bicyclic) bond motifs is 1. The Balaban J connectivity index is 1.37. The smallest absolute Gasteiger partial charge is 0.243 e. The molecule has 0 saturated carbocycles. The number of carbonyl (C=O) groups excluding carboxylic acids is 1. The van der Waals surface area contributed by atoms with Crippen molar-refractivity contribution in [2.24, 2.45) is 5.92 Å². The van der Waals surface area contributed by atoms with Crippen LogP contribution in [-0.4, -0.2) is 41.5 Å². The highest BCUT2D eigenvalue weighted by molar-refractivity contribution is 7.89. The molecule has 1 saturated heterocycles. The molecule has 33 heavy (non-hydrogen) atoms. The van der Waals surface area contributed by atoms with Gasteiger partial charge < -0.3 is 5.32 Å². The normalized spacial score (nSPS) is 18.8. The quantitative estimate of drug-likeness (QED) is 0.621. The Morgan fingerprint density at radius 1 is 1.03 bits per heavy atom. The van der Waals surface area contributed by atoms with E-state index in [-0.39, 0.29) is 17.3 Å². The Kier molecular flexibility index (Phi) is 5.76. The summed E-state index contributed by atoms with van der Waals surface area (Å²) in [5.41, 5.74) is 2.92. The zero-order chi connectivity index (χ0) is 23.0. The lowest BCUT2D eigenvalue weighted by Gasteiger charge is -2.31. The maximum atomic E-state index is 13.3. The number of piperidine rings is 1. The highest BCUT2D eigenvalue weighted by Crippen LogP contribution is 2.32. The number of nitrogens with zero attached hydrogens (tertiary/aromatic N) is 3. The van der Waals surface area contributed by atoms with E-state index in [0.29, 0.717) is 25.2 Å². The molecule has 1 amide bonds. The van der Waals surface area contributed by atoms with Crippen molar-refractivity contribution in [2.75, 3.05) is 18.4 Å². The van der Waals surface area contributed by atoms with E-state index >= 15 is 0 Å². The lowest BCUT2D eigenvalue weighted by molar-refractivity contribution is -0.120. The van der Waals surface area contributed by atoms with Crippen LogP contribution in [0.5, 0.6) is 0 Å². The van der Waals surface area contributed by atoms with Gasteiger partial charge in [0.1, 0.15) is 11.6 Å². The van der Waals surface area contributed by atoms with Crippen LogP contribution in [0.15, 0.2) is 59.5 Å². The third kappa shape index (κ3) is 4.18. The molecule has 7 nitrogen and oxygen atoms in total. The maximum absolute atomic E-state index is 13.3. The molecular formula is C24H25FN4O3S. The Morgan fingerprint density at radius 2 is 1.79 bits per heavy atom. The highest BCUT2D eigenvalue weighted by Gasteiger charge is 2.34. The number of benzene rings is 2. The number of carbonyl (C=O) groups is 1. The third-order valence-electron chi connectivity index (χ3n) is 6.36. The van der Waals surface area contributed by atoms with E-state index in [1.165, 1.54) is 16.4 Å². The summed E-state index contributed by atoms with van der Waals surface area (Å²) in [5.74, 6) is -0.504. The molecule has 1 unspecified atom stereocenters. The molecule has 2 aromatic carbocycles. The lowest BCUT2D eigenvalue weighted by atomic mass is 9.99. The van der Waals surface area contributed by atoms with Crippen molar-refractivity contribution in [2.45, 2.75) is 37.0 Å². The van der Waals surface area contributed by atoms with E-state index in [1.54, 1.807) is 4.68 Å². The van der Waals surface area contributed by atoms with Crippen LogP contribution in [0.25, 0.3) is 5.69 Å². The molecule has 3 aromatic rings. The molecular weight excluding hydrogens is 443 g/mol. The average Bonchev–Trinajstić information content (AvgIpc) is 3.43. The zero-order valence-electron chi connectivity index (χ0n) is 18.1. The fourth-order valence-corrected chi connectivity index (χ4v) is 6.15. The van der Waals surface area contributed by atoms with Gasteiger partial charge in [-0.3, -0.25) is 4.79 Å². The lowest BCUT2D eigenvalue weighted by Crippen LogP contribution is -2.43. The van der Waals surface area contributed by atoms with Crippen LogP contribution in [0.1, 0.15) is 30.5 Å². The second kappa shape index (κ2) is 8.72. The number of anilines is 1. The molecule has 1 atom stereocenters. The molecule has 2 heterocycles. The van der Waals surface area contributed by atoms with Crippen molar-refractivity contribution < 1.29 is 17.6 Å². The Morgan fingerprint density at radius 3 is 2.55 bits per heavy atom. The Hall–Kier alpha value is -3.04. The number of hydrogen-bond donors (Lipinski definition) is 1. The molecule has 172 valence electrons. The number of hydrogen-bond acceptors (Lipinski definition) is 4. The molecule has 1 N–H and O–H groups in total. The Bertz CT molecular complexity index is 1270. The number of para-hydroxylation sites is 1. The van der Waals surface area contributed by atoms with Gasteiger partial charge >= 0.3 is 0 Å². The van der Waals surface area contributed by atoms with Crippen molar-refractivity contribution >= 4 is 21.7 Å². The summed E-state index contributed by atoms with van der Waals surface area (Å²) in [5, 5.41) is 7.79. The van der Waals surface area contributed by atoms with Crippen LogP contribution in [0.2, 0.25) is 0 Å². The fourth-order valence-electron chi connectivity index (χ4n) is 4.63. The van der Waals surface area contributed by atoms with E-state index in [1.807, 2.05) is 30.3 Å². The van der Waals surface area contributed by atoms with Gasteiger partial charge in [-0.2, -0.15) is 9.40 Å². The van der Waals surface area contributed by atoms with Gasteiger partial charge in [0, 0.05) is 18.7 Å². The molecule has 9 heteroatoms. The molecule has 1 aromatic heterocycles. The SMILES string of the molecule is O=C(Nc1c2c(nn1-c1ccccc1)CCC2)C1CCCN(S(=O)(=O)c2ccc(F)cc2)C1. The predicted octanol–water partition coefficient (Wildman–Crippen LogP) is 3.54. The van der Waals surface area contributed by atoms with Gasteiger partial charge in [-0.05, 0) is 68.5 Å². The largest absolute Gasteiger partial charge is 0.310 e. The highest BCUT2D eigenvalue weighted by atomic mass is 32.2. The first-order valence-corrected chi connectivity index (χ1v) is 12.6. The first kappa shape index (κ1) is 21.8. The monoisotopic (exact) mass is 468 g/mol. The zero-order valence-corrected chi connectivity index (χ0v) is 18.9. The van der Waals surface area contributed by atoms with E-state index < -0.39 is 21.8 Å². The van der Waals surface area contributed by atoms with Gasteiger partial charge in [0.2, 0.25) is 15.9 Å². The number of nitrogens with one attached hydrogen (secondary N) is 1. The van der Waals surface area contributed by atoms with Crippen LogP contribution in [0.4, 0.5) is 10.2 Å². The minimum Gasteiger partial charge on any atom is -0.310 e. The molecule has 0 radical (unpaired) electrons. The number of halogens is 1. The van der Waals surface area contributed by atoms with Crippen molar-refractivity contribution in [3.63, 3.8) is 0 Å². The van der Waals surface area contributed by atoms with Gasteiger partial charge in [0.05, 0.1) is 22.2 Å². The Labute approximate surface area is 192 Å². The molecule has 1 fully saturated rings. The molecule has 2 aliphatic rings. The molecule has 5 rings (SSSR count). The minimum absolute atomic E-state index is 0.0323. The number of aromatic nitrogens is 2. The molecule has 1 aliphatic carbocycles. The van der Waals surface area contributed by atoms with Crippen LogP contribution >= 0.6 is 0 Å². The van der Waals surface area contributed by atoms with Gasteiger partial charge in [0.15, 0.2) is 0 Å². The number of rotatable bonds is 5. The summed E-state index contributed by atoms with van der Waals surface area (Å²) in [6.07, 6.45) is 3.92. The number of aryl methyl sites for hydroxylation is 1. The number of sulfonamides is 1. The topological polar surface area (TPSA) is 84.3 Å². The van der Waals surface area contributed by atoms with Crippen LogP contribution in [0, 0.1) is 11.7 Å². The summed E-state index contributed by atoms with van der Waals surface area (Å²) in [6.45, 7) is 0.425. The van der Waals surface area contributed by atoms with Crippen molar-refractivity contribution in [1.29, 1.82) is 0 Å². The van der Waals surface area contributed by atoms with E-state index in [2.05, 4.69) is 5.32 Å². The average molecular weight is 469 g/mol. The van der Waals surface area contributed by atoms with E-state index in [0.717, 1.165) is 48.3 Å². The standard InChI is InChI=1S/C24H25FN4O3S/c25-18-11-13-20(14-12-18)33(31,32)28-15-5-6-17(16-28)24(30)26-23-21-9-4-10-22(21)27-29(23)19-7-2-1-3-8-19/h1-3,7-8,11-14,17H,4-6,9-10,15-16H2,(H,26,30). The second-order valence-electron chi connectivity index (χ2n) is 8.52. The van der Waals surface area contributed by atoms with Crippen LogP contribution in [0.3, 0.4) is 0 Å². The van der Waals surface area contributed by atoms with Gasteiger partial charge in [-0.25, -0.2) is 17.5 Å². The summed E-state index contributed by atoms with van der Waals surface area (Å²) < 4.78 is 42.4. The third-order valence-corrected chi connectivity index (χ3v) is 8.24. The first-order valence-electron chi connectivity index (χ1n) is 11.2. The fraction of sp³-hybridized carbons (Fsp3) is 0.333. The van der Waals surface area contributed by atoms with E-state index in [9.17, 15) is 17.6 Å². The van der Waals surface area contributed by atoms with Crippen molar-refractivity contribution in [3.8, 4) is 5.69 Å². The van der Waals surface area contributed by atoms with Gasteiger partial charge in [-0.15, -0.1) is 0 Å². The van der Waals surface area contributed by atoms with Crippen LogP contribution in [-0.2, 0) is 27.7 Å². The second-order valence-corrected chi connectivity index (χ2v) is 10.5. The summed E-state index contributed by atoms with van der Waals surface area (Å²) in [6, 6.07) is 14.4. The maximum Gasteiger partial charge on any atom is 0.243 e. The van der Waals surface area contributed by atoms with Gasteiger partial charge in [0.25, 0.3) is 0 Å². The molecule has 0 spiro atoms. The van der Waals surface area contributed by atoms with Gasteiger partial charge in [-0.1, -0.05) is 18.2 Å². The minimum atomic E-state index is -3.80. The van der Waals surface area contributed by atoms with Crippen LogP contribution < -0.4 is 5.32 Å². The number of amides is 1. The summed E-state index contributed by atoms with van der Waals surface area (Å²) in [7, 11) is -3.80. The van der Waals surface area contributed by atoms with Crippen molar-refractivity contribution in [1.82, 2.24) is 14.1 Å². The molecule has 1 aliphatic heterocycles. The molecule has 0 bridgehead atoms. The summed E-state index contributed by atoms with van der Waals surface area (Å²) >= 11 is 0. The first-order chi connectivity index (χ1) is 15.9. The van der Waals surface area contributed by atoms with Crippen molar-refractivity contribution in [3.05, 3.63) is 71.7 Å². The predicted molar refractivity (Wildman–Crippen MR) is 122 cm³/mol. The van der Waals surface area contributed by atoms with E-state index in [4.69, 9.17) is 5.10 Å². The summed E-state index contributed by atoms with van der Waals surface area (Å²) in [4.78, 5) is 13.3.